The number of rotatable bonds is 2. The van der Waals surface area contributed by atoms with Crippen LogP contribution in [0.15, 0.2) is 59.7 Å². The van der Waals surface area contributed by atoms with Crippen LogP contribution in [-0.2, 0) is 19.6 Å². The van der Waals surface area contributed by atoms with Gasteiger partial charge in [-0.1, -0.05) is 36.4 Å². The first-order valence-corrected chi connectivity index (χ1v) is 10.9. The smallest absolute Gasteiger partial charge is 0.252 e. The third-order valence-corrected chi connectivity index (χ3v) is 7.25. The van der Waals surface area contributed by atoms with Crippen molar-refractivity contribution in [2.24, 2.45) is 0 Å². The van der Waals surface area contributed by atoms with E-state index in [4.69, 9.17) is 0 Å². The first kappa shape index (κ1) is 18.0. The molecular formula is C26H21N3O3. The molecule has 0 radical (unpaired) electrons. The summed E-state index contributed by atoms with van der Waals surface area (Å²) in [6.07, 6.45) is 0. The number of carbonyl (C=O) groups excluding carboxylic acids is 1. The van der Waals surface area contributed by atoms with Crippen LogP contribution in [0.1, 0.15) is 15.9 Å². The molecule has 2 aliphatic rings. The topological polar surface area (TPSA) is 79.4 Å². The Hall–Kier alpha value is -3.61. The number of benzene rings is 3. The van der Waals surface area contributed by atoms with Crippen LogP contribution in [0.5, 0.6) is 0 Å². The van der Waals surface area contributed by atoms with Crippen LogP contribution in [0.4, 0.5) is 0 Å². The molecule has 0 spiro atoms. The molecule has 0 bridgehead atoms. The molecule has 6 nitrogen and oxygen atoms in total. The van der Waals surface area contributed by atoms with E-state index in [9.17, 15) is 15.0 Å². The molecule has 0 saturated carbocycles. The van der Waals surface area contributed by atoms with Crippen molar-refractivity contribution in [2.75, 3.05) is 13.2 Å². The maximum absolute atomic E-state index is 13.1. The second kappa shape index (κ2) is 6.22. The van der Waals surface area contributed by atoms with Crippen LogP contribution in [0, 0.1) is 0 Å². The number of hydrogen-bond donors (Lipinski definition) is 3. The highest BCUT2D eigenvalue weighted by Gasteiger charge is 2.33. The largest absolute Gasteiger partial charge is 0.392 e. The molecule has 6 heteroatoms. The lowest BCUT2D eigenvalue weighted by Gasteiger charge is -2.14. The van der Waals surface area contributed by atoms with Gasteiger partial charge in [0.05, 0.1) is 29.8 Å². The maximum atomic E-state index is 13.1. The van der Waals surface area contributed by atoms with Crippen LogP contribution in [0.2, 0.25) is 0 Å². The highest BCUT2D eigenvalue weighted by atomic mass is 16.3. The number of amides is 1. The number of nitrogens with zero attached hydrogens (tertiary/aromatic N) is 2. The average Bonchev–Trinajstić information content (AvgIpc) is 3.41. The molecule has 2 aromatic heterocycles. The third kappa shape index (κ3) is 2.04. The van der Waals surface area contributed by atoms with Crippen molar-refractivity contribution in [3.63, 3.8) is 0 Å². The second-order valence-corrected chi connectivity index (χ2v) is 8.71. The lowest BCUT2D eigenvalue weighted by Crippen LogP contribution is -2.12. The molecule has 0 aliphatic carbocycles. The van der Waals surface area contributed by atoms with Crippen LogP contribution < -0.4 is 5.32 Å². The predicted molar refractivity (Wildman–Crippen MR) is 125 cm³/mol. The number of aliphatic hydroxyl groups is 2. The Morgan fingerprint density at radius 2 is 1.41 bits per heavy atom. The van der Waals surface area contributed by atoms with Crippen molar-refractivity contribution < 1.29 is 15.0 Å². The minimum atomic E-state index is -0.175. The van der Waals surface area contributed by atoms with Gasteiger partial charge in [0, 0.05) is 52.2 Å². The van der Waals surface area contributed by atoms with Crippen LogP contribution in [0.3, 0.4) is 0 Å². The number of allylic oxidation sites excluding steroid dienone is 1. The zero-order chi connectivity index (χ0) is 21.6. The first-order chi connectivity index (χ1) is 15.7. The van der Waals surface area contributed by atoms with Gasteiger partial charge in [0.25, 0.3) is 5.91 Å². The lowest BCUT2D eigenvalue weighted by molar-refractivity contribution is 0.0967. The zero-order valence-corrected chi connectivity index (χ0v) is 17.4. The Balaban J connectivity index is 1.83. The van der Waals surface area contributed by atoms with Crippen LogP contribution >= 0.6 is 0 Å². The summed E-state index contributed by atoms with van der Waals surface area (Å²) in [5, 5.41) is 27.3. The summed E-state index contributed by atoms with van der Waals surface area (Å²) < 4.78 is 4.57. The summed E-state index contributed by atoms with van der Waals surface area (Å²) in [7, 11) is 0. The molecule has 3 N–H and O–H groups in total. The number of fused-ring (bicyclic) bond motifs is 9. The Kier molecular flexibility index (Phi) is 3.50. The van der Waals surface area contributed by atoms with Crippen molar-refractivity contribution in [1.29, 1.82) is 0 Å². The van der Waals surface area contributed by atoms with E-state index in [0.29, 0.717) is 25.2 Å². The number of nitrogens with one attached hydrogen (secondary N) is 1. The fraction of sp³-hybridized carbons (Fsp3) is 0.192. The van der Waals surface area contributed by atoms with E-state index in [0.717, 1.165) is 60.3 Å². The summed E-state index contributed by atoms with van der Waals surface area (Å²) >= 11 is 0. The fourth-order valence-electron chi connectivity index (χ4n) is 5.88. The van der Waals surface area contributed by atoms with Gasteiger partial charge < -0.3 is 24.7 Å². The molecule has 32 heavy (non-hydrogen) atoms. The predicted octanol–water partition coefficient (Wildman–Crippen LogP) is 3.44. The van der Waals surface area contributed by atoms with Gasteiger partial charge in [0.15, 0.2) is 0 Å². The summed E-state index contributed by atoms with van der Waals surface area (Å²) in [4.78, 5) is 13.1. The molecule has 0 saturated heterocycles. The fourth-order valence-corrected chi connectivity index (χ4v) is 5.88. The molecule has 0 atom stereocenters. The van der Waals surface area contributed by atoms with Gasteiger partial charge in [-0.15, -0.1) is 0 Å². The van der Waals surface area contributed by atoms with Gasteiger partial charge in [-0.25, -0.2) is 0 Å². The molecule has 3 aromatic carbocycles. The standard InChI is InChI=1S/C26H21N3O3/c30-12-15(13-31)14-10-28-19-7-3-1-5-16(19)21-18-9-27-26(32)23(18)22-17-6-2-4-8-20(17)29(11-14)25(22)24(21)28/h1-8,30-31H,9-13H2,(H,27,32). The van der Waals surface area contributed by atoms with Gasteiger partial charge in [-0.2, -0.15) is 0 Å². The van der Waals surface area contributed by atoms with E-state index >= 15 is 0 Å². The molecule has 1 amide bonds. The molecular weight excluding hydrogens is 402 g/mol. The van der Waals surface area contributed by atoms with E-state index in [1.54, 1.807) is 0 Å². The van der Waals surface area contributed by atoms with Crippen molar-refractivity contribution in [3.05, 3.63) is 70.8 Å². The monoisotopic (exact) mass is 423 g/mol. The number of aromatic nitrogens is 2. The van der Waals surface area contributed by atoms with Gasteiger partial charge >= 0.3 is 0 Å². The maximum Gasteiger partial charge on any atom is 0.252 e. The van der Waals surface area contributed by atoms with Crippen LogP contribution in [0.25, 0.3) is 43.6 Å². The van der Waals surface area contributed by atoms with E-state index in [2.05, 4.69) is 38.7 Å². The van der Waals surface area contributed by atoms with E-state index < -0.39 is 0 Å². The Morgan fingerprint density at radius 1 is 0.844 bits per heavy atom. The Bertz CT molecular complexity index is 1660. The Labute approximate surface area is 183 Å². The van der Waals surface area contributed by atoms with Crippen LogP contribution in [-0.4, -0.2) is 38.5 Å². The first-order valence-electron chi connectivity index (χ1n) is 10.9. The number of para-hydroxylation sites is 2. The van der Waals surface area contributed by atoms with Gasteiger partial charge in [0.1, 0.15) is 0 Å². The van der Waals surface area contributed by atoms with Crippen molar-refractivity contribution >= 4 is 49.5 Å². The van der Waals surface area contributed by atoms with E-state index in [-0.39, 0.29) is 19.1 Å². The highest BCUT2D eigenvalue weighted by molar-refractivity contribution is 6.30. The van der Waals surface area contributed by atoms with Gasteiger partial charge in [0.2, 0.25) is 0 Å². The molecule has 7 rings (SSSR count). The average molecular weight is 423 g/mol. The van der Waals surface area contributed by atoms with E-state index in [1.165, 1.54) is 0 Å². The molecule has 158 valence electrons. The summed E-state index contributed by atoms with van der Waals surface area (Å²) in [6, 6.07) is 16.5. The SMILES string of the molecule is O=C1NCc2c1c1c3ccccc3n3c1c1c2c2ccccc2n1CC(=C(CO)CO)C3. The van der Waals surface area contributed by atoms with Gasteiger partial charge in [-0.05, 0) is 28.8 Å². The van der Waals surface area contributed by atoms with Gasteiger partial charge in [-0.3, -0.25) is 4.79 Å². The summed E-state index contributed by atoms with van der Waals surface area (Å²) in [5.74, 6) is -0.0203. The molecule has 4 heterocycles. The minimum absolute atomic E-state index is 0.0203. The van der Waals surface area contributed by atoms with Crippen molar-refractivity contribution in [1.82, 2.24) is 14.5 Å². The van der Waals surface area contributed by atoms with Crippen molar-refractivity contribution in [2.45, 2.75) is 19.6 Å². The zero-order valence-electron chi connectivity index (χ0n) is 17.4. The normalized spacial score (nSPS) is 15.3. The van der Waals surface area contributed by atoms with E-state index in [1.807, 2.05) is 24.3 Å². The van der Waals surface area contributed by atoms with Crippen molar-refractivity contribution in [3.8, 4) is 0 Å². The molecule has 0 fully saturated rings. The Morgan fingerprint density at radius 3 is 2.03 bits per heavy atom. The molecule has 2 aliphatic heterocycles. The number of aliphatic hydroxyl groups excluding tert-OH is 2. The lowest BCUT2D eigenvalue weighted by atomic mass is 9.97. The number of carbonyl (C=O) groups is 1. The highest BCUT2D eigenvalue weighted by Crippen LogP contribution is 2.46. The second-order valence-electron chi connectivity index (χ2n) is 8.71. The summed E-state index contributed by atoms with van der Waals surface area (Å²) in [5.41, 5.74) is 7.83. The quantitative estimate of drug-likeness (QED) is 0.381. The third-order valence-electron chi connectivity index (χ3n) is 7.25. The number of hydrogen-bond acceptors (Lipinski definition) is 3. The summed E-state index contributed by atoms with van der Waals surface area (Å²) in [6.45, 7) is 1.32. The molecule has 5 aromatic rings. The minimum Gasteiger partial charge on any atom is -0.392 e. The molecule has 0 unspecified atom stereocenters.